The zero-order chi connectivity index (χ0) is 31.8. The average Bonchev–Trinajstić information content (AvgIpc) is 2.96. The lowest BCUT2D eigenvalue weighted by molar-refractivity contribution is -0.176. The fraction of sp³-hybridized carbons (Fsp3) is 0.457. The summed E-state index contributed by atoms with van der Waals surface area (Å²) >= 11 is 0. The van der Waals surface area contributed by atoms with Gasteiger partial charge in [-0.1, -0.05) is 69.3 Å². The van der Waals surface area contributed by atoms with Gasteiger partial charge in [-0.05, 0) is 104 Å². The SMILES string of the molecule is CC(C)(C)c1ccc([S+](c2ccccc2)c2ccccc2)cc1.O=C(OCC(F)(F)S(=O)(=O)[O-])C12CC3CC(CC(C3)C1)C2. The van der Waals surface area contributed by atoms with Crippen LogP contribution in [-0.2, 0) is 36.0 Å². The number of hydrogen-bond donors (Lipinski definition) is 0. The van der Waals surface area contributed by atoms with Gasteiger partial charge in [0.25, 0.3) is 0 Å². The van der Waals surface area contributed by atoms with Gasteiger partial charge in [-0.2, -0.15) is 8.78 Å². The van der Waals surface area contributed by atoms with Gasteiger partial charge in [-0.3, -0.25) is 4.79 Å². The van der Waals surface area contributed by atoms with Gasteiger partial charge < -0.3 is 9.29 Å². The van der Waals surface area contributed by atoms with Crippen LogP contribution >= 0.6 is 0 Å². The van der Waals surface area contributed by atoms with Crippen LogP contribution in [0.25, 0.3) is 0 Å². The number of alkyl halides is 2. The summed E-state index contributed by atoms with van der Waals surface area (Å²) in [5.41, 5.74) is 0.833. The molecule has 4 bridgehead atoms. The molecule has 7 rings (SSSR count). The van der Waals surface area contributed by atoms with E-state index in [0.29, 0.717) is 37.0 Å². The second-order valence-corrected chi connectivity index (χ2v) is 17.1. The molecule has 236 valence electrons. The molecule has 0 radical (unpaired) electrons. The van der Waals surface area contributed by atoms with Crippen LogP contribution in [0, 0.1) is 23.2 Å². The maximum Gasteiger partial charge on any atom is 0.367 e. The van der Waals surface area contributed by atoms with Crippen molar-refractivity contribution in [1.29, 1.82) is 0 Å². The van der Waals surface area contributed by atoms with Crippen molar-refractivity contribution in [2.24, 2.45) is 23.2 Å². The van der Waals surface area contributed by atoms with Gasteiger partial charge in [-0.25, -0.2) is 8.42 Å². The molecule has 3 aromatic rings. The maximum atomic E-state index is 13.1. The number of halogens is 2. The summed E-state index contributed by atoms with van der Waals surface area (Å²) in [4.78, 5) is 16.3. The Bertz CT molecular complexity index is 1460. The van der Waals surface area contributed by atoms with E-state index in [9.17, 15) is 26.5 Å². The van der Waals surface area contributed by atoms with Gasteiger partial charge in [0, 0.05) is 0 Å². The zero-order valence-corrected chi connectivity index (χ0v) is 27.0. The van der Waals surface area contributed by atoms with Crippen molar-refractivity contribution in [1.82, 2.24) is 0 Å². The lowest BCUT2D eigenvalue weighted by Gasteiger charge is -2.55. The highest BCUT2D eigenvalue weighted by Gasteiger charge is 2.56. The molecule has 4 aliphatic carbocycles. The lowest BCUT2D eigenvalue weighted by Crippen LogP contribution is -2.51. The molecule has 0 spiro atoms. The molecule has 3 aromatic carbocycles. The van der Waals surface area contributed by atoms with E-state index >= 15 is 0 Å². The first-order chi connectivity index (χ1) is 20.7. The number of benzene rings is 3. The van der Waals surface area contributed by atoms with Crippen molar-refractivity contribution < 1.29 is 31.3 Å². The van der Waals surface area contributed by atoms with Crippen molar-refractivity contribution in [2.75, 3.05) is 6.61 Å². The molecule has 4 saturated carbocycles. The van der Waals surface area contributed by atoms with Gasteiger partial charge in [-0.15, -0.1) is 0 Å². The number of esters is 1. The van der Waals surface area contributed by atoms with E-state index in [4.69, 9.17) is 0 Å². The number of carbonyl (C=O) groups is 1. The number of ether oxygens (including phenoxy) is 1. The first-order valence-electron chi connectivity index (χ1n) is 15.1. The van der Waals surface area contributed by atoms with Crippen LogP contribution in [0.1, 0.15) is 64.9 Å². The molecule has 0 N–H and O–H groups in total. The first kappa shape index (κ1) is 32.6. The van der Waals surface area contributed by atoms with Crippen LogP contribution in [0.5, 0.6) is 0 Å². The molecule has 0 aliphatic heterocycles. The van der Waals surface area contributed by atoms with E-state index in [1.807, 2.05) is 0 Å². The molecule has 5 nitrogen and oxygen atoms in total. The minimum Gasteiger partial charge on any atom is -0.743 e. The molecule has 9 heteroatoms. The molecule has 0 amide bonds. The van der Waals surface area contributed by atoms with E-state index in [2.05, 4.69) is 110 Å². The highest BCUT2D eigenvalue weighted by molar-refractivity contribution is 7.97. The molecule has 4 aliphatic rings. The van der Waals surface area contributed by atoms with Crippen LogP contribution in [-0.4, -0.2) is 30.8 Å². The van der Waals surface area contributed by atoms with Crippen LogP contribution in [0.2, 0.25) is 0 Å². The zero-order valence-electron chi connectivity index (χ0n) is 25.4. The second kappa shape index (κ2) is 12.6. The first-order valence-corrected chi connectivity index (χ1v) is 17.8. The minimum atomic E-state index is -5.81. The molecule has 0 heterocycles. The third kappa shape index (κ3) is 7.21. The van der Waals surface area contributed by atoms with E-state index in [1.165, 1.54) is 20.2 Å². The molecule has 0 unspecified atom stereocenters. The summed E-state index contributed by atoms with van der Waals surface area (Å²) in [6.07, 6.45) is 5.14. The fourth-order valence-corrected chi connectivity index (χ4v) is 9.63. The lowest BCUT2D eigenvalue weighted by atomic mass is 9.49. The summed E-state index contributed by atoms with van der Waals surface area (Å²) in [5, 5.41) is -4.56. The average molecular weight is 643 g/mol. The quantitative estimate of drug-likeness (QED) is 0.148. The largest absolute Gasteiger partial charge is 0.743 e. The summed E-state index contributed by atoms with van der Waals surface area (Å²) in [7, 11) is -5.86. The Morgan fingerprint density at radius 3 is 1.59 bits per heavy atom. The Morgan fingerprint density at radius 1 is 0.795 bits per heavy atom. The summed E-state index contributed by atoms with van der Waals surface area (Å²) in [6, 6.07) is 30.7. The monoisotopic (exact) mass is 642 g/mol. The Hall–Kier alpha value is -2.75. The second-order valence-electron chi connectivity index (χ2n) is 13.6. The molecule has 0 aromatic heterocycles. The number of rotatable bonds is 7. The minimum absolute atomic E-state index is 0.0497. The molecule has 4 fully saturated rings. The van der Waals surface area contributed by atoms with Gasteiger partial charge in [0.2, 0.25) is 0 Å². The summed E-state index contributed by atoms with van der Waals surface area (Å²) in [6.45, 7) is 5.10. The van der Waals surface area contributed by atoms with E-state index < -0.39 is 33.4 Å². The van der Waals surface area contributed by atoms with Crippen LogP contribution in [0.15, 0.2) is 99.6 Å². The third-order valence-corrected chi connectivity index (χ3v) is 12.2. The standard InChI is InChI=1S/C22H23S.C13H18F2O5S/c1-22(2,3)18-14-16-21(17-15-18)23(19-10-6-4-7-11-19)20-12-8-5-9-13-20;14-13(15,21(17,18)19)7-20-11(16)12-4-8-1-9(5-12)3-10(2-8)6-12/h4-17H,1-3H3;8-10H,1-7H2,(H,17,18,19)/q+1;/p-1. The fourth-order valence-electron chi connectivity index (χ4n) is 7.35. The van der Waals surface area contributed by atoms with Gasteiger partial charge in [0.1, 0.15) is 0 Å². The molecule has 0 saturated heterocycles. The van der Waals surface area contributed by atoms with Crippen LogP contribution in [0.3, 0.4) is 0 Å². The predicted octanol–water partition coefficient (Wildman–Crippen LogP) is 7.96. The Balaban J connectivity index is 0.000000175. The van der Waals surface area contributed by atoms with Gasteiger partial charge >= 0.3 is 11.2 Å². The topological polar surface area (TPSA) is 83.5 Å². The van der Waals surface area contributed by atoms with Crippen molar-refractivity contribution in [3.05, 3.63) is 90.5 Å². The van der Waals surface area contributed by atoms with Crippen LogP contribution in [0.4, 0.5) is 8.78 Å². The third-order valence-electron chi connectivity index (χ3n) is 9.12. The number of carbonyl (C=O) groups excluding carboxylic acids is 1. The Labute approximate surface area is 262 Å². The molecule has 0 atom stereocenters. The summed E-state index contributed by atoms with van der Waals surface area (Å²) in [5.74, 6) is 0.553. The highest BCUT2D eigenvalue weighted by atomic mass is 32.2. The maximum absolute atomic E-state index is 13.1. The smallest absolute Gasteiger partial charge is 0.367 e. The Morgan fingerprint density at radius 2 is 1.20 bits per heavy atom. The van der Waals surface area contributed by atoms with Crippen molar-refractivity contribution in [3.8, 4) is 0 Å². The molecular formula is C35H40F2O5S2. The Kier molecular flexibility index (Phi) is 9.32. The van der Waals surface area contributed by atoms with Gasteiger partial charge in [0.05, 0.1) is 16.3 Å². The van der Waals surface area contributed by atoms with E-state index in [1.54, 1.807) is 0 Å². The normalized spacial score (nSPS) is 24.5. The van der Waals surface area contributed by atoms with Crippen molar-refractivity contribution >= 4 is 27.0 Å². The molecular weight excluding hydrogens is 603 g/mol. The van der Waals surface area contributed by atoms with Crippen LogP contribution < -0.4 is 0 Å². The predicted molar refractivity (Wildman–Crippen MR) is 166 cm³/mol. The van der Waals surface area contributed by atoms with E-state index in [-0.39, 0.29) is 16.3 Å². The van der Waals surface area contributed by atoms with Crippen molar-refractivity contribution in [2.45, 2.75) is 84.7 Å². The van der Waals surface area contributed by atoms with E-state index in [0.717, 1.165) is 19.3 Å². The molecule has 44 heavy (non-hydrogen) atoms. The highest BCUT2D eigenvalue weighted by Crippen LogP contribution is 2.60. The van der Waals surface area contributed by atoms with Crippen molar-refractivity contribution in [3.63, 3.8) is 0 Å². The number of hydrogen-bond acceptors (Lipinski definition) is 5. The summed E-state index contributed by atoms with van der Waals surface area (Å²) < 4.78 is 62.0. The van der Waals surface area contributed by atoms with Gasteiger partial charge in [0.15, 0.2) is 31.4 Å².